The van der Waals surface area contributed by atoms with Crippen molar-refractivity contribution in [1.82, 2.24) is 9.97 Å². The lowest BCUT2D eigenvalue weighted by molar-refractivity contribution is -0.274. The molecule has 1 aromatic heterocycles. The van der Waals surface area contributed by atoms with Gasteiger partial charge < -0.3 is 19.3 Å². The van der Waals surface area contributed by atoms with Gasteiger partial charge in [0.15, 0.2) is 0 Å². The number of rotatable bonds is 5. The van der Waals surface area contributed by atoms with Gasteiger partial charge in [0.05, 0.1) is 18.0 Å². The van der Waals surface area contributed by atoms with Crippen LogP contribution in [0, 0.1) is 13.8 Å². The van der Waals surface area contributed by atoms with E-state index in [0.29, 0.717) is 49.1 Å². The Morgan fingerprint density at radius 1 is 1.00 bits per heavy atom. The van der Waals surface area contributed by atoms with Gasteiger partial charge in [-0.2, -0.15) is 0 Å². The van der Waals surface area contributed by atoms with Gasteiger partial charge in [0.25, 0.3) is 0 Å². The molecule has 1 aliphatic heterocycles. The number of ether oxygens (including phenoxy) is 2. The summed E-state index contributed by atoms with van der Waals surface area (Å²) in [6.45, 7) is 8.12. The van der Waals surface area contributed by atoms with Crippen LogP contribution in [-0.2, 0) is 4.74 Å². The molecule has 2 aromatic rings. The fourth-order valence-corrected chi connectivity index (χ4v) is 3.36. The summed E-state index contributed by atoms with van der Waals surface area (Å²) in [5, 5.41) is 0. The molecule has 0 aliphatic carbocycles. The van der Waals surface area contributed by atoms with Crippen molar-refractivity contribution in [3.8, 4) is 5.75 Å². The van der Waals surface area contributed by atoms with E-state index in [1.807, 2.05) is 4.90 Å². The number of halogens is 3. The van der Waals surface area contributed by atoms with Crippen LogP contribution in [0.2, 0.25) is 0 Å². The van der Waals surface area contributed by atoms with Crippen LogP contribution in [0.4, 0.5) is 24.8 Å². The number of hydrogen-bond acceptors (Lipinski definition) is 7. The highest BCUT2D eigenvalue weighted by molar-refractivity contribution is 5.91. The van der Waals surface area contributed by atoms with Gasteiger partial charge in [0.1, 0.15) is 11.3 Å². The van der Waals surface area contributed by atoms with E-state index < -0.39 is 12.3 Å². The summed E-state index contributed by atoms with van der Waals surface area (Å²) in [6.07, 6.45) is -4.70. The zero-order chi connectivity index (χ0) is 21.9. The number of aromatic nitrogens is 2. The minimum Gasteiger partial charge on any atom is -0.462 e. The highest BCUT2D eigenvalue weighted by Crippen LogP contribution is 2.26. The number of anilines is 2. The third kappa shape index (κ3) is 5.11. The summed E-state index contributed by atoms with van der Waals surface area (Å²) in [5.74, 6) is -0.126. The molecule has 2 heterocycles. The zero-order valence-electron chi connectivity index (χ0n) is 17.0. The maximum atomic E-state index is 12.3. The molecule has 0 saturated carbocycles. The zero-order valence-corrected chi connectivity index (χ0v) is 17.0. The molecular formula is C20H23F3N4O3. The summed E-state index contributed by atoms with van der Waals surface area (Å²) >= 11 is 0. The van der Waals surface area contributed by atoms with Gasteiger partial charge in [0, 0.05) is 31.9 Å². The third-order valence-electron chi connectivity index (χ3n) is 4.74. The van der Waals surface area contributed by atoms with Crippen LogP contribution in [0.3, 0.4) is 0 Å². The predicted molar refractivity (Wildman–Crippen MR) is 105 cm³/mol. The second kappa shape index (κ2) is 8.76. The fraction of sp³-hybridized carbons (Fsp3) is 0.450. The number of aryl methyl sites for hydroxylation is 2. The van der Waals surface area contributed by atoms with Crippen LogP contribution < -0.4 is 14.5 Å². The Morgan fingerprint density at radius 3 is 2.03 bits per heavy atom. The van der Waals surface area contributed by atoms with Crippen LogP contribution in [0.1, 0.15) is 28.7 Å². The first kappa shape index (κ1) is 21.7. The summed E-state index contributed by atoms with van der Waals surface area (Å²) in [6, 6.07) is 5.82. The van der Waals surface area contributed by atoms with E-state index in [9.17, 15) is 18.0 Å². The molecule has 0 spiro atoms. The van der Waals surface area contributed by atoms with E-state index in [0.717, 1.165) is 5.69 Å². The Kier molecular flexibility index (Phi) is 6.33. The lowest BCUT2D eigenvalue weighted by atomic mass is 10.2. The molecule has 10 heteroatoms. The first-order chi connectivity index (χ1) is 14.2. The minimum atomic E-state index is -4.70. The van der Waals surface area contributed by atoms with Crippen molar-refractivity contribution in [1.29, 1.82) is 0 Å². The molecule has 0 atom stereocenters. The van der Waals surface area contributed by atoms with Gasteiger partial charge in [-0.15, -0.1) is 13.2 Å². The summed E-state index contributed by atoms with van der Waals surface area (Å²) in [4.78, 5) is 25.1. The second-order valence-electron chi connectivity index (χ2n) is 6.81. The van der Waals surface area contributed by atoms with E-state index in [1.165, 1.54) is 12.1 Å². The molecule has 1 aliphatic rings. The molecule has 0 amide bonds. The smallest absolute Gasteiger partial charge is 0.462 e. The van der Waals surface area contributed by atoms with Crippen molar-refractivity contribution in [2.45, 2.75) is 27.1 Å². The van der Waals surface area contributed by atoms with Crippen molar-refractivity contribution >= 4 is 17.6 Å². The molecule has 0 bridgehead atoms. The predicted octanol–water partition coefficient (Wildman–Crippen LogP) is 3.50. The lowest BCUT2D eigenvalue weighted by Crippen LogP contribution is -2.47. The monoisotopic (exact) mass is 424 g/mol. The molecule has 1 saturated heterocycles. The van der Waals surface area contributed by atoms with Gasteiger partial charge in [-0.05, 0) is 45.0 Å². The van der Waals surface area contributed by atoms with Crippen molar-refractivity contribution < 1.29 is 27.4 Å². The van der Waals surface area contributed by atoms with E-state index in [2.05, 4.69) is 19.6 Å². The summed E-state index contributed by atoms with van der Waals surface area (Å²) in [5.41, 5.74) is 2.34. The van der Waals surface area contributed by atoms with Crippen molar-refractivity contribution in [3.63, 3.8) is 0 Å². The van der Waals surface area contributed by atoms with E-state index in [-0.39, 0.29) is 12.4 Å². The van der Waals surface area contributed by atoms with Crippen LogP contribution in [0.15, 0.2) is 24.3 Å². The van der Waals surface area contributed by atoms with Gasteiger partial charge in [-0.25, -0.2) is 14.8 Å². The SMILES string of the molecule is CCOC(=O)c1c(C)nc(N2CCN(c3ccc(OC(F)(F)F)cc3)CC2)nc1C. The molecule has 7 nitrogen and oxygen atoms in total. The molecule has 0 N–H and O–H groups in total. The van der Waals surface area contributed by atoms with Crippen molar-refractivity contribution in [2.24, 2.45) is 0 Å². The topological polar surface area (TPSA) is 67.8 Å². The number of nitrogens with zero attached hydrogens (tertiary/aromatic N) is 4. The number of carbonyl (C=O) groups is 1. The third-order valence-corrected chi connectivity index (χ3v) is 4.74. The first-order valence-electron chi connectivity index (χ1n) is 9.56. The Bertz CT molecular complexity index is 872. The number of hydrogen-bond donors (Lipinski definition) is 0. The van der Waals surface area contributed by atoms with Crippen molar-refractivity contribution in [2.75, 3.05) is 42.6 Å². The molecule has 30 heavy (non-hydrogen) atoms. The molecule has 1 fully saturated rings. The van der Waals surface area contributed by atoms with Crippen LogP contribution in [0.25, 0.3) is 0 Å². The number of benzene rings is 1. The van der Waals surface area contributed by atoms with Gasteiger partial charge in [-0.3, -0.25) is 0 Å². The Labute approximate surface area is 172 Å². The van der Waals surface area contributed by atoms with E-state index in [1.54, 1.807) is 32.9 Å². The molecule has 162 valence electrons. The molecule has 0 radical (unpaired) electrons. The van der Waals surface area contributed by atoms with Gasteiger partial charge in [0.2, 0.25) is 5.95 Å². The largest absolute Gasteiger partial charge is 0.573 e. The Balaban J connectivity index is 1.65. The maximum Gasteiger partial charge on any atom is 0.573 e. The molecule has 0 unspecified atom stereocenters. The van der Waals surface area contributed by atoms with Crippen molar-refractivity contribution in [3.05, 3.63) is 41.2 Å². The lowest BCUT2D eigenvalue weighted by Gasteiger charge is -2.36. The van der Waals surface area contributed by atoms with Gasteiger partial charge in [-0.1, -0.05) is 0 Å². The molecule has 3 rings (SSSR count). The fourth-order valence-electron chi connectivity index (χ4n) is 3.36. The number of carbonyl (C=O) groups excluding carboxylic acids is 1. The van der Waals surface area contributed by atoms with Crippen LogP contribution in [0.5, 0.6) is 5.75 Å². The maximum absolute atomic E-state index is 12.3. The quantitative estimate of drug-likeness (QED) is 0.681. The first-order valence-corrected chi connectivity index (χ1v) is 9.56. The normalized spacial score (nSPS) is 14.6. The standard InChI is InChI=1S/C20H23F3N4O3/c1-4-29-18(28)17-13(2)24-19(25-14(17)3)27-11-9-26(10-12-27)15-5-7-16(8-6-15)30-20(21,22)23/h5-8H,4,9-12H2,1-3H3. The molecular weight excluding hydrogens is 401 g/mol. The minimum absolute atomic E-state index is 0.245. The second-order valence-corrected chi connectivity index (χ2v) is 6.81. The highest BCUT2D eigenvalue weighted by atomic mass is 19.4. The van der Waals surface area contributed by atoms with Gasteiger partial charge >= 0.3 is 12.3 Å². The average molecular weight is 424 g/mol. The number of piperazine rings is 1. The number of esters is 1. The van der Waals surface area contributed by atoms with Crippen LogP contribution in [-0.4, -0.2) is 55.1 Å². The summed E-state index contributed by atoms with van der Waals surface area (Å²) < 4.78 is 45.8. The average Bonchev–Trinajstić information content (AvgIpc) is 2.67. The number of alkyl halides is 3. The Morgan fingerprint density at radius 2 is 1.53 bits per heavy atom. The van der Waals surface area contributed by atoms with Crippen LogP contribution >= 0.6 is 0 Å². The highest BCUT2D eigenvalue weighted by Gasteiger charge is 2.31. The molecule has 1 aromatic carbocycles. The van der Waals surface area contributed by atoms with E-state index in [4.69, 9.17) is 4.74 Å². The Hall–Kier alpha value is -3.04. The summed E-state index contributed by atoms with van der Waals surface area (Å²) in [7, 11) is 0. The van der Waals surface area contributed by atoms with E-state index >= 15 is 0 Å².